The molecule has 0 spiro atoms. The molecule has 0 saturated carbocycles. The molecule has 0 aromatic heterocycles. The van der Waals surface area contributed by atoms with Gasteiger partial charge in [-0.3, -0.25) is 0 Å². The molecule has 0 fully saturated rings. The van der Waals surface area contributed by atoms with Crippen molar-refractivity contribution < 1.29 is 9.53 Å². The molecule has 0 amide bonds. The molecule has 0 radical (unpaired) electrons. The van der Waals surface area contributed by atoms with Gasteiger partial charge in [-0.05, 0) is 19.4 Å². The second-order valence-electron chi connectivity index (χ2n) is 2.76. The second-order valence-corrected chi connectivity index (χ2v) is 3.74. The first-order valence-corrected chi connectivity index (χ1v) is 5.04. The number of hydrogen-bond donors (Lipinski definition) is 1. The van der Waals surface area contributed by atoms with Crippen LogP contribution in [0.2, 0.25) is 0 Å². The summed E-state index contributed by atoms with van der Waals surface area (Å²) in [5.74, 6) is -0.293. The Morgan fingerprint density at radius 1 is 1.85 bits per heavy atom. The van der Waals surface area contributed by atoms with Crippen molar-refractivity contribution in [1.29, 1.82) is 0 Å². The summed E-state index contributed by atoms with van der Waals surface area (Å²) in [6, 6.07) is 0. The third kappa shape index (κ3) is 2.52. The molecule has 1 aliphatic rings. The number of ether oxygens (including phenoxy) is 1. The van der Waals surface area contributed by atoms with Gasteiger partial charge < -0.3 is 10.1 Å². The lowest BCUT2D eigenvalue weighted by atomic mass is 10.3. The number of nitrogens with one attached hydrogen (secondary N) is 1. The first kappa shape index (κ1) is 10.2. The van der Waals surface area contributed by atoms with Crippen molar-refractivity contribution in [3.05, 3.63) is 23.3 Å². The Kier molecular flexibility index (Phi) is 3.42. The number of carbonyl (C=O) groups is 1. The van der Waals surface area contributed by atoms with Gasteiger partial charge >= 0.3 is 5.97 Å². The van der Waals surface area contributed by atoms with E-state index in [0.29, 0.717) is 12.3 Å². The molecule has 0 aromatic carbocycles. The van der Waals surface area contributed by atoms with E-state index in [1.54, 1.807) is 12.3 Å². The Labute approximate surface area is 82.2 Å². The predicted molar refractivity (Wildman–Crippen MR) is 54.0 cm³/mol. The minimum absolute atomic E-state index is 0.111. The van der Waals surface area contributed by atoms with Gasteiger partial charge in [0.1, 0.15) is 5.70 Å². The van der Waals surface area contributed by atoms with Gasteiger partial charge in [0.2, 0.25) is 0 Å². The van der Waals surface area contributed by atoms with Gasteiger partial charge in [0.25, 0.3) is 0 Å². The van der Waals surface area contributed by atoms with E-state index in [4.69, 9.17) is 4.74 Å². The molecular formula is C9H13NO2S. The Bertz CT molecular complexity index is 260. The van der Waals surface area contributed by atoms with Crippen molar-refractivity contribution in [3.63, 3.8) is 0 Å². The lowest BCUT2D eigenvalue weighted by Gasteiger charge is -2.11. The minimum atomic E-state index is -0.293. The SMILES string of the molecule is C=C(C)C1NC(C(=O)OCC)=CS1. The van der Waals surface area contributed by atoms with Crippen LogP contribution in [0.1, 0.15) is 13.8 Å². The third-order valence-corrected chi connectivity index (χ3v) is 2.72. The number of esters is 1. The minimum Gasteiger partial charge on any atom is -0.461 e. The average Bonchev–Trinajstić information content (AvgIpc) is 2.52. The van der Waals surface area contributed by atoms with Gasteiger partial charge in [0.15, 0.2) is 0 Å². The fourth-order valence-corrected chi connectivity index (χ4v) is 1.76. The van der Waals surface area contributed by atoms with E-state index >= 15 is 0 Å². The molecule has 13 heavy (non-hydrogen) atoms. The molecule has 0 bridgehead atoms. The topological polar surface area (TPSA) is 38.3 Å². The van der Waals surface area contributed by atoms with Crippen LogP contribution in [0.25, 0.3) is 0 Å². The highest BCUT2D eigenvalue weighted by Gasteiger charge is 2.22. The Morgan fingerprint density at radius 2 is 2.54 bits per heavy atom. The first-order valence-electron chi connectivity index (χ1n) is 4.10. The van der Waals surface area contributed by atoms with Gasteiger partial charge in [-0.25, -0.2) is 4.79 Å². The van der Waals surface area contributed by atoms with E-state index in [-0.39, 0.29) is 11.3 Å². The molecule has 1 unspecified atom stereocenters. The maximum Gasteiger partial charge on any atom is 0.354 e. The molecule has 72 valence electrons. The maximum absolute atomic E-state index is 11.2. The number of hydrogen-bond acceptors (Lipinski definition) is 4. The molecule has 1 aliphatic heterocycles. The highest BCUT2D eigenvalue weighted by molar-refractivity contribution is 8.03. The van der Waals surface area contributed by atoms with Crippen molar-refractivity contribution in [2.75, 3.05) is 6.61 Å². The quantitative estimate of drug-likeness (QED) is 0.554. The normalized spacial score (nSPS) is 20.5. The summed E-state index contributed by atoms with van der Waals surface area (Å²) in [4.78, 5) is 11.2. The summed E-state index contributed by atoms with van der Waals surface area (Å²) in [5, 5.41) is 4.91. The second kappa shape index (κ2) is 4.37. The molecule has 1 heterocycles. The van der Waals surface area contributed by atoms with Crippen molar-refractivity contribution in [2.24, 2.45) is 0 Å². The van der Waals surface area contributed by atoms with Gasteiger partial charge in [0, 0.05) is 5.41 Å². The molecule has 1 rings (SSSR count). The molecule has 0 aliphatic carbocycles. The zero-order valence-electron chi connectivity index (χ0n) is 7.79. The smallest absolute Gasteiger partial charge is 0.354 e. The highest BCUT2D eigenvalue weighted by atomic mass is 32.2. The molecule has 1 N–H and O–H groups in total. The van der Waals surface area contributed by atoms with Crippen molar-refractivity contribution in [3.8, 4) is 0 Å². The summed E-state index contributed by atoms with van der Waals surface area (Å²) in [5.41, 5.74) is 1.53. The van der Waals surface area contributed by atoms with Gasteiger partial charge in [-0.1, -0.05) is 6.58 Å². The van der Waals surface area contributed by atoms with Crippen LogP contribution in [0, 0.1) is 0 Å². The summed E-state index contributed by atoms with van der Waals surface area (Å²) in [6.45, 7) is 7.92. The molecule has 0 saturated heterocycles. The summed E-state index contributed by atoms with van der Waals surface area (Å²) in [6.07, 6.45) is 0. The van der Waals surface area contributed by atoms with E-state index < -0.39 is 0 Å². The monoisotopic (exact) mass is 199 g/mol. The van der Waals surface area contributed by atoms with Crippen molar-refractivity contribution in [2.45, 2.75) is 19.2 Å². The molecule has 4 heteroatoms. The first-order chi connectivity index (χ1) is 6.15. The molecule has 0 aromatic rings. The zero-order valence-corrected chi connectivity index (χ0v) is 8.61. The summed E-state index contributed by atoms with van der Waals surface area (Å²) < 4.78 is 4.84. The van der Waals surface area contributed by atoms with Crippen LogP contribution >= 0.6 is 11.8 Å². The van der Waals surface area contributed by atoms with E-state index in [1.165, 1.54) is 11.8 Å². The number of carbonyl (C=O) groups excluding carboxylic acids is 1. The largest absolute Gasteiger partial charge is 0.461 e. The highest BCUT2D eigenvalue weighted by Crippen LogP contribution is 2.25. The van der Waals surface area contributed by atoms with Gasteiger partial charge in [-0.2, -0.15) is 0 Å². The van der Waals surface area contributed by atoms with Gasteiger partial charge in [0.05, 0.1) is 12.0 Å². The molecule has 3 nitrogen and oxygen atoms in total. The summed E-state index contributed by atoms with van der Waals surface area (Å²) in [7, 11) is 0. The third-order valence-electron chi connectivity index (χ3n) is 1.55. The summed E-state index contributed by atoms with van der Waals surface area (Å²) >= 11 is 1.54. The number of rotatable bonds is 3. The molecular weight excluding hydrogens is 186 g/mol. The van der Waals surface area contributed by atoms with Crippen LogP contribution in [0.3, 0.4) is 0 Å². The predicted octanol–water partition coefficient (Wildman–Crippen LogP) is 1.63. The fraction of sp³-hybridized carbons (Fsp3) is 0.444. The zero-order chi connectivity index (χ0) is 9.84. The number of thioether (sulfide) groups is 1. The van der Waals surface area contributed by atoms with E-state index in [0.717, 1.165) is 5.57 Å². The Balaban J connectivity index is 2.48. The lowest BCUT2D eigenvalue weighted by molar-refractivity contribution is -0.138. The van der Waals surface area contributed by atoms with E-state index in [9.17, 15) is 4.79 Å². The van der Waals surface area contributed by atoms with Crippen LogP contribution in [0.4, 0.5) is 0 Å². The Hall–Kier alpha value is -0.900. The van der Waals surface area contributed by atoms with Crippen LogP contribution in [0.5, 0.6) is 0 Å². The van der Waals surface area contributed by atoms with Crippen LogP contribution in [0.15, 0.2) is 23.3 Å². The van der Waals surface area contributed by atoms with Crippen molar-refractivity contribution in [1.82, 2.24) is 5.32 Å². The standard InChI is InChI=1S/C9H13NO2S/c1-4-12-9(11)7-5-13-8(10-7)6(2)3/h5,8,10H,2,4H2,1,3H3. The Morgan fingerprint density at radius 3 is 3.00 bits per heavy atom. The molecule has 1 atom stereocenters. The van der Waals surface area contributed by atoms with Crippen LogP contribution in [-0.4, -0.2) is 18.0 Å². The average molecular weight is 199 g/mol. The lowest BCUT2D eigenvalue weighted by Crippen LogP contribution is -2.26. The fourth-order valence-electron chi connectivity index (χ4n) is 0.901. The van der Waals surface area contributed by atoms with Crippen LogP contribution in [-0.2, 0) is 9.53 Å². The van der Waals surface area contributed by atoms with Gasteiger partial charge in [-0.15, -0.1) is 11.8 Å². The van der Waals surface area contributed by atoms with Crippen molar-refractivity contribution >= 4 is 17.7 Å². The van der Waals surface area contributed by atoms with E-state index in [2.05, 4.69) is 11.9 Å². The van der Waals surface area contributed by atoms with E-state index in [1.807, 2.05) is 6.92 Å². The van der Waals surface area contributed by atoms with Crippen LogP contribution < -0.4 is 5.32 Å². The maximum atomic E-state index is 11.2.